The highest BCUT2D eigenvalue weighted by molar-refractivity contribution is 7.89. The van der Waals surface area contributed by atoms with Gasteiger partial charge in [0.2, 0.25) is 15.9 Å². The first-order valence-corrected chi connectivity index (χ1v) is 12.9. The lowest BCUT2D eigenvalue weighted by Gasteiger charge is -2.30. The minimum atomic E-state index is -3.74. The normalized spacial score (nSPS) is 15.6. The van der Waals surface area contributed by atoms with Crippen LogP contribution < -0.4 is 5.32 Å². The first-order valence-electron chi connectivity index (χ1n) is 10.2. The minimum Gasteiger partial charge on any atom is -0.302 e. The zero-order valence-electron chi connectivity index (χ0n) is 17.7. The Balaban J connectivity index is 1.38. The van der Waals surface area contributed by atoms with Crippen LogP contribution in [0.3, 0.4) is 0 Å². The van der Waals surface area contributed by atoms with Crippen molar-refractivity contribution in [2.45, 2.75) is 31.6 Å². The second-order valence-corrected chi connectivity index (χ2v) is 10.9. The molecule has 0 radical (unpaired) electrons. The largest absolute Gasteiger partial charge is 0.302 e. The number of piperidine rings is 1. The summed E-state index contributed by atoms with van der Waals surface area (Å²) < 4.78 is 27.1. The molecule has 32 heavy (non-hydrogen) atoms. The van der Waals surface area contributed by atoms with E-state index < -0.39 is 10.0 Å². The molecule has 4 rings (SSSR count). The lowest BCUT2D eigenvalue weighted by atomic mass is 9.97. The van der Waals surface area contributed by atoms with Crippen LogP contribution >= 0.6 is 22.9 Å². The van der Waals surface area contributed by atoms with Crippen LogP contribution in [0.1, 0.15) is 24.0 Å². The Labute approximate surface area is 196 Å². The number of carbonyl (C=O) groups excluding carboxylic acids is 1. The molecule has 7 nitrogen and oxygen atoms in total. The fourth-order valence-corrected chi connectivity index (χ4v) is 6.44. The van der Waals surface area contributed by atoms with Gasteiger partial charge < -0.3 is 5.32 Å². The fraction of sp³-hybridized carbons (Fsp3) is 0.318. The summed E-state index contributed by atoms with van der Waals surface area (Å²) in [6.07, 6.45) is 2.30. The monoisotopic (exact) mass is 490 g/mol. The molecule has 168 valence electrons. The van der Waals surface area contributed by atoms with Gasteiger partial charge in [0, 0.05) is 36.1 Å². The molecule has 1 fully saturated rings. The fourth-order valence-electron chi connectivity index (χ4n) is 3.82. The Hall–Kier alpha value is -2.33. The highest BCUT2D eigenvalue weighted by atomic mass is 35.5. The molecule has 0 aliphatic carbocycles. The van der Waals surface area contributed by atoms with Crippen molar-refractivity contribution in [2.75, 3.05) is 18.4 Å². The molecular formula is C22H23ClN4O3S2. The summed E-state index contributed by atoms with van der Waals surface area (Å²) in [5.41, 5.74) is 4.20. The van der Waals surface area contributed by atoms with Gasteiger partial charge in [-0.2, -0.15) is 4.31 Å². The van der Waals surface area contributed by atoms with Crippen molar-refractivity contribution >= 4 is 44.0 Å². The average Bonchev–Trinajstić information content (AvgIpc) is 3.22. The molecule has 0 spiro atoms. The van der Waals surface area contributed by atoms with Crippen molar-refractivity contribution in [3.05, 3.63) is 58.2 Å². The number of anilines is 1. The van der Waals surface area contributed by atoms with E-state index >= 15 is 0 Å². The number of thiazole rings is 1. The second kappa shape index (κ2) is 9.27. The quantitative estimate of drug-likeness (QED) is 0.531. The Morgan fingerprint density at radius 1 is 1.22 bits per heavy atom. The van der Waals surface area contributed by atoms with Gasteiger partial charge in [0.25, 0.3) is 0 Å². The van der Waals surface area contributed by atoms with Crippen LogP contribution in [0.25, 0.3) is 11.3 Å². The molecule has 1 saturated heterocycles. The van der Waals surface area contributed by atoms with Crippen LogP contribution in [0, 0.1) is 19.8 Å². The number of hydrogen-bond donors (Lipinski definition) is 1. The number of carbonyl (C=O) groups is 1. The predicted octanol–water partition coefficient (Wildman–Crippen LogP) is 4.51. The van der Waals surface area contributed by atoms with E-state index in [9.17, 15) is 13.2 Å². The van der Waals surface area contributed by atoms with Crippen LogP contribution in [0.4, 0.5) is 5.13 Å². The zero-order valence-corrected chi connectivity index (χ0v) is 20.1. The summed E-state index contributed by atoms with van der Waals surface area (Å²) in [6, 6.07) is 9.17. The number of nitrogens with one attached hydrogen (secondary N) is 1. The standard InChI is InChI=1S/C22H23ClN4O3S2/c1-14-5-6-17(15(2)12-14)18-13-31-22(25-18)26-21(28)16-7-10-27(11-8-16)32(29,30)19-4-3-9-24-20(19)23/h3-6,9,12-13,16H,7-8,10-11H2,1-2H3,(H,25,26,28). The van der Waals surface area contributed by atoms with Gasteiger partial charge in [-0.25, -0.2) is 18.4 Å². The average molecular weight is 491 g/mol. The molecule has 3 aromatic rings. The number of halogens is 1. The van der Waals surface area contributed by atoms with Crippen molar-refractivity contribution in [3.8, 4) is 11.3 Å². The van der Waals surface area contributed by atoms with Crippen molar-refractivity contribution in [1.82, 2.24) is 14.3 Å². The Bertz CT molecular complexity index is 1250. The van der Waals surface area contributed by atoms with Crippen molar-refractivity contribution in [2.24, 2.45) is 5.92 Å². The summed E-state index contributed by atoms with van der Waals surface area (Å²) in [6.45, 7) is 4.58. The third-order valence-electron chi connectivity index (χ3n) is 5.56. The van der Waals surface area contributed by atoms with E-state index in [0.717, 1.165) is 16.8 Å². The maximum absolute atomic E-state index is 12.9. The van der Waals surface area contributed by atoms with Crippen LogP contribution in [0.2, 0.25) is 5.15 Å². The third-order valence-corrected chi connectivity index (χ3v) is 8.66. The maximum atomic E-state index is 12.9. The highest BCUT2D eigenvalue weighted by Gasteiger charge is 2.33. The molecule has 1 aliphatic rings. The van der Waals surface area contributed by atoms with Crippen LogP contribution in [0.5, 0.6) is 0 Å². The van der Waals surface area contributed by atoms with Crippen LogP contribution in [0.15, 0.2) is 46.8 Å². The lowest BCUT2D eigenvalue weighted by Crippen LogP contribution is -2.41. The van der Waals surface area contributed by atoms with Gasteiger partial charge in [0.05, 0.1) is 5.69 Å². The summed E-state index contributed by atoms with van der Waals surface area (Å²) in [7, 11) is -3.74. The summed E-state index contributed by atoms with van der Waals surface area (Å²) >= 11 is 7.36. The zero-order chi connectivity index (χ0) is 22.9. The Kier molecular flexibility index (Phi) is 6.62. The topological polar surface area (TPSA) is 92.3 Å². The van der Waals surface area contributed by atoms with Gasteiger partial charge in [-0.15, -0.1) is 11.3 Å². The van der Waals surface area contributed by atoms with Gasteiger partial charge in [0.1, 0.15) is 10.0 Å². The molecule has 0 atom stereocenters. The van der Waals surface area contributed by atoms with Gasteiger partial charge in [0.15, 0.2) is 5.13 Å². The van der Waals surface area contributed by atoms with Gasteiger partial charge in [-0.05, 0) is 44.4 Å². The first kappa shape index (κ1) is 22.8. The minimum absolute atomic E-state index is 0.00807. The van der Waals surface area contributed by atoms with E-state index in [1.54, 1.807) is 6.07 Å². The van der Waals surface area contributed by atoms with Gasteiger partial charge in [-0.3, -0.25) is 4.79 Å². The number of sulfonamides is 1. The van der Waals surface area contributed by atoms with E-state index in [1.165, 1.54) is 33.5 Å². The van der Waals surface area contributed by atoms with Crippen LogP contribution in [-0.2, 0) is 14.8 Å². The molecule has 1 aliphatic heterocycles. The number of amides is 1. The SMILES string of the molecule is Cc1ccc(-c2csc(NC(=O)C3CCN(S(=O)(=O)c4cccnc4Cl)CC3)n2)c(C)c1. The molecular weight excluding hydrogens is 468 g/mol. The Morgan fingerprint density at radius 3 is 2.66 bits per heavy atom. The molecule has 1 N–H and O–H groups in total. The smallest absolute Gasteiger partial charge is 0.246 e. The van der Waals surface area contributed by atoms with E-state index in [0.29, 0.717) is 18.0 Å². The summed E-state index contributed by atoms with van der Waals surface area (Å²) in [5, 5.41) is 5.33. The lowest BCUT2D eigenvalue weighted by molar-refractivity contribution is -0.120. The molecule has 10 heteroatoms. The molecule has 1 aromatic carbocycles. The number of aryl methyl sites for hydroxylation is 2. The number of benzene rings is 1. The molecule has 0 saturated carbocycles. The van der Waals surface area contributed by atoms with Crippen molar-refractivity contribution in [3.63, 3.8) is 0 Å². The highest BCUT2D eigenvalue weighted by Crippen LogP contribution is 2.30. The number of hydrogen-bond acceptors (Lipinski definition) is 6. The number of pyridine rings is 1. The summed E-state index contributed by atoms with van der Waals surface area (Å²) in [4.78, 5) is 21.2. The number of aromatic nitrogens is 2. The van der Waals surface area contributed by atoms with Crippen LogP contribution in [-0.4, -0.2) is 41.7 Å². The third kappa shape index (κ3) is 4.71. The van der Waals surface area contributed by atoms with E-state index in [2.05, 4.69) is 21.4 Å². The molecule has 3 heterocycles. The first-order chi connectivity index (χ1) is 15.3. The molecule has 0 unspecified atom stereocenters. The van der Waals surface area contributed by atoms with E-state index in [4.69, 9.17) is 11.6 Å². The molecule has 0 bridgehead atoms. The predicted molar refractivity (Wildman–Crippen MR) is 126 cm³/mol. The molecule has 1 amide bonds. The number of rotatable bonds is 5. The van der Waals surface area contributed by atoms with Gasteiger partial charge in [-0.1, -0.05) is 35.4 Å². The number of nitrogens with zero attached hydrogens (tertiary/aromatic N) is 3. The van der Waals surface area contributed by atoms with E-state index in [-0.39, 0.29) is 35.0 Å². The summed E-state index contributed by atoms with van der Waals surface area (Å²) in [5.74, 6) is -0.415. The second-order valence-electron chi connectivity index (χ2n) is 7.82. The van der Waals surface area contributed by atoms with Gasteiger partial charge >= 0.3 is 0 Å². The molecule has 2 aromatic heterocycles. The van der Waals surface area contributed by atoms with Crippen molar-refractivity contribution in [1.29, 1.82) is 0 Å². The van der Waals surface area contributed by atoms with E-state index in [1.807, 2.05) is 31.4 Å². The maximum Gasteiger partial charge on any atom is 0.246 e. The van der Waals surface area contributed by atoms with Crippen molar-refractivity contribution < 1.29 is 13.2 Å². The Morgan fingerprint density at radius 2 is 1.97 bits per heavy atom.